The van der Waals surface area contributed by atoms with Gasteiger partial charge >= 0.3 is 10.1 Å². The molecule has 1 aromatic carbocycles. The van der Waals surface area contributed by atoms with Gasteiger partial charge in [0.15, 0.2) is 18.4 Å². The van der Waals surface area contributed by atoms with Crippen molar-refractivity contribution in [2.24, 2.45) is 34.2 Å². The van der Waals surface area contributed by atoms with E-state index in [2.05, 4.69) is 21.8 Å². The maximum atomic E-state index is 11.7. The highest BCUT2D eigenvalue weighted by Gasteiger charge is 2.44. The first-order chi connectivity index (χ1) is 16.7. The van der Waals surface area contributed by atoms with Crippen molar-refractivity contribution in [1.82, 2.24) is 0 Å². The molecule has 36 heavy (non-hydrogen) atoms. The normalized spacial score (nSPS) is 18.3. The van der Waals surface area contributed by atoms with E-state index in [9.17, 15) is 25.9 Å². The van der Waals surface area contributed by atoms with Gasteiger partial charge in [-0.25, -0.2) is 9.56 Å². The molecule has 0 unspecified atom stereocenters. The molecule has 13 nitrogen and oxygen atoms in total. The monoisotopic (exact) mass is 535 g/mol. The molecule has 0 aliphatic carbocycles. The zero-order chi connectivity index (χ0) is 26.7. The number of aryl methyl sites for hydroxylation is 1. The molecule has 0 radical (unpaired) electrons. The number of hydrogen-bond donors (Lipinski definition) is 5. The second-order valence-electron chi connectivity index (χ2n) is 7.66. The van der Waals surface area contributed by atoms with Gasteiger partial charge in [-0.05, 0) is 23.3 Å². The molecule has 2 aromatic rings. The highest BCUT2D eigenvalue weighted by atomic mass is 32.2. The van der Waals surface area contributed by atoms with Crippen molar-refractivity contribution in [1.29, 1.82) is 0 Å². The molecule has 0 spiro atoms. The van der Waals surface area contributed by atoms with E-state index in [4.69, 9.17) is 21.9 Å². The molecule has 1 aliphatic rings. The quantitative estimate of drug-likeness (QED) is 0.111. The molecule has 8 N–H and O–H groups in total. The fourth-order valence-corrected chi connectivity index (χ4v) is 5.51. The van der Waals surface area contributed by atoms with Gasteiger partial charge in [-0.1, -0.05) is 17.9 Å². The minimum Gasteiger partial charge on any atom is -0.477 e. The van der Waals surface area contributed by atoms with E-state index in [1.807, 2.05) is 36.1 Å². The molecule has 0 fully saturated rings. The van der Waals surface area contributed by atoms with E-state index < -0.39 is 37.3 Å². The van der Waals surface area contributed by atoms with Crippen LogP contribution in [0.25, 0.3) is 11.1 Å². The van der Waals surface area contributed by atoms with E-state index in [0.717, 1.165) is 11.8 Å². The van der Waals surface area contributed by atoms with Gasteiger partial charge in [0.2, 0.25) is 11.4 Å². The highest BCUT2D eigenvalue weighted by molar-refractivity contribution is 7.90. The Morgan fingerprint density at radius 3 is 2.31 bits per heavy atom. The van der Waals surface area contributed by atoms with Crippen molar-refractivity contribution >= 4 is 37.8 Å². The lowest BCUT2D eigenvalue weighted by molar-refractivity contribution is -0.671. The Kier molecular flexibility index (Phi) is 7.65. The Bertz CT molecular complexity index is 1530. The summed E-state index contributed by atoms with van der Waals surface area (Å²) >= 11 is 0. The number of guanidine groups is 2. The van der Waals surface area contributed by atoms with Crippen molar-refractivity contribution in [3.05, 3.63) is 60.1 Å². The third kappa shape index (κ3) is 6.79. The lowest BCUT2D eigenvalue weighted by atomic mass is 9.99. The van der Waals surface area contributed by atoms with E-state index in [1.165, 1.54) is 0 Å². The van der Waals surface area contributed by atoms with E-state index >= 15 is 0 Å². The second kappa shape index (κ2) is 10.3. The average Bonchev–Trinajstić information content (AvgIpc) is 2.76. The number of aromatic nitrogens is 1. The van der Waals surface area contributed by atoms with Gasteiger partial charge in [0.25, 0.3) is 10.1 Å². The summed E-state index contributed by atoms with van der Waals surface area (Å²) in [5, 5.41) is -1.97. The molecular formula is C21H23N6O7S2+. The molecule has 0 amide bonds. The van der Waals surface area contributed by atoms with Gasteiger partial charge in [-0.3, -0.25) is 9.11 Å². The molecule has 0 saturated heterocycles. The first kappa shape index (κ1) is 26.6. The standard InChI is InChI=1S/C21H22N6O7S2/c1-27-8-6-14(7-9-27)17-5-4-16(25-21(24)26-20(22)23)11-15(17)3-2-13-10-18(35(28,29)30)19(34-12-13)36(31,32)33/h4-9,11-12,18-19H,10H2,1H3,(H7,22,23,24,26,28,29,30,31,32,33)/p+1/t18-,19-/m1/s1. The summed E-state index contributed by atoms with van der Waals surface area (Å²) in [5.41, 5.74) is 16.5. The van der Waals surface area contributed by atoms with Gasteiger partial charge < -0.3 is 21.9 Å². The number of nitrogens with two attached hydrogens (primary N) is 3. The van der Waals surface area contributed by atoms with Crippen LogP contribution in [0.15, 0.2) is 64.5 Å². The average molecular weight is 536 g/mol. The SMILES string of the molecule is C[n+]1ccc(-c2ccc(N=C(N)N=C(N)N)cc2C#CC2=CO[C@H](S(=O)(=O)O)[C@H](S(=O)(=O)O)C2)cc1. The first-order valence-corrected chi connectivity index (χ1v) is 13.1. The summed E-state index contributed by atoms with van der Waals surface area (Å²) in [6.07, 6.45) is 4.08. The van der Waals surface area contributed by atoms with Crippen molar-refractivity contribution in [3.63, 3.8) is 0 Å². The number of hydrogen-bond acceptors (Lipinski definition) is 6. The summed E-state index contributed by atoms with van der Waals surface area (Å²) < 4.78 is 71.9. The topological polar surface area (TPSA) is 225 Å². The van der Waals surface area contributed by atoms with Gasteiger partial charge in [-0.15, -0.1) is 0 Å². The zero-order valence-corrected chi connectivity index (χ0v) is 20.4. The summed E-state index contributed by atoms with van der Waals surface area (Å²) in [4.78, 5) is 7.77. The number of ether oxygens (including phenoxy) is 1. The molecule has 1 aliphatic heterocycles. The first-order valence-electron chi connectivity index (χ1n) is 10.1. The second-order valence-corrected chi connectivity index (χ2v) is 10.8. The summed E-state index contributed by atoms with van der Waals surface area (Å²) in [5.74, 6) is 5.15. The van der Waals surface area contributed by atoms with E-state index in [1.54, 1.807) is 18.2 Å². The minimum atomic E-state index is -4.93. The maximum absolute atomic E-state index is 11.7. The Labute approximate surface area is 207 Å². The number of benzene rings is 1. The van der Waals surface area contributed by atoms with Gasteiger partial charge in [0.1, 0.15) is 12.3 Å². The van der Waals surface area contributed by atoms with Gasteiger partial charge in [0, 0.05) is 29.7 Å². The van der Waals surface area contributed by atoms with Crippen LogP contribution < -0.4 is 21.8 Å². The smallest absolute Gasteiger partial charge is 0.304 e. The molecule has 2 atom stereocenters. The Morgan fingerprint density at radius 2 is 1.72 bits per heavy atom. The number of nitrogens with zero attached hydrogens (tertiary/aromatic N) is 3. The van der Waals surface area contributed by atoms with Crippen molar-refractivity contribution in [3.8, 4) is 23.0 Å². The van der Waals surface area contributed by atoms with Gasteiger partial charge in [-0.2, -0.15) is 21.8 Å². The predicted octanol–water partition coefficient (Wildman–Crippen LogP) is -0.476. The van der Waals surface area contributed by atoms with Crippen LogP contribution in [0.4, 0.5) is 5.69 Å². The molecule has 0 saturated carbocycles. The van der Waals surface area contributed by atoms with Crippen molar-refractivity contribution in [2.75, 3.05) is 0 Å². The largest absolute Gasteiger partial charge is 0.477 e. The lowest BCUT2D eigenvalue weighted by Crippen LogP contribution is -2.42. The van der Waals surface area contributed by atoms with Crippen LogP contribution in [0, 0.1) is 11.8 Å². The third-order valence-electron chi connectivity index (χ3n) is 4.88. The fraction of sp³-hybridized carbons (Fsp3) is 0.190. The van der Waals surface area contributed by atoms with E-state index in [0.29, 0.717) is 16.8 Å². The summed E-state index contributed by atoms with van der Waals surface area (Å²) in [7, 11) is -7.97. The van der Waals surface area contributed by atoms with Crippen LogP contribution in [0.3, 0.4) is 0 Å². The van der Waals surface area contributed by atoms with E-state index in [-0.39, 0.29) is 17.5 Å². The Morgan fingerprint density at radius 1 is 1.06 bits per heavy atom. The van der Waals surface area contributed by atoms with Crippen LogP contribution in [-0.2, 0) is 32.0 Å². The van der Waals surface area contributed by atoms with Crippen LogP contribution in [0.5, 0.6) is 0 Å². The van der Waals surface area contributed by atoms with Crippen LogP contribution in [-0.4, -0.2) is 48.5 Å². The van der Waals surface area contributed by atoms with Crippen LogP contribution in [0.1, 0.15) is 12.0 Å². The fourth-order valence-electron chi connectivity index (χ4n) is 3.26. The number of rotatable bonds is 4. The van der Waals surface area contributed by atoms with Crippen LogP contribution >= 0.6 is 0 Å². The Hall–Kier alpha value is -3.97. The number of aliphatic imine (C=N–C) groups is 2. The molecule has 1 aromatic heterocycles. The number of allylic oxidation sites excluding steroid dienone is 1. The summed E-state index contributed by atoms with van der Waals surface area (Å²) in [6.45, 7) is 0. The lowest BCUT2D eigenvalue weighted by Gasteiger charge is -2.25. The number of pyridine rings is 1. The van der Waals surface area contributed by atoms with Crippen LogP contribution in [0.2, 0.25) is 0 Å². The third-order valence-corrected chi connectivity index (χ3v) is 7.26. The Balaban J connectivity index is 2.08. The molecule has 0 bridgehead atoms. The van der Waals surface area contributed by atoms with Crippen molar-refractivity contribution < 1.29 is 35.2 Å². The molecule has 15 heteroatoms. The predicted molar refractivity (Wildman–Crippen MR) is 131 cm³/mol. The molecule has 2 heterocycles. The van der Waals surface area contributed by atoms with Crippen molar-refractivity contribution in [2.45, 2.75) is 17.1 Å². The maximum Gasteiger partial charge on any atom is 0.304 e. The summed E-state index contributed by atoms with van der Waals surface area (Å²) in [6, 6.07) is 8.70. The molecule has 3 rings (SSSR count). The molecule has 190 valence electrons. The zero-order valence-electron chi connectivity index (χ0n) is 18.8. The highest BCUT2D eigenvalue weighted by Crippen LogP contribution is 2.29. The van der Waals surface area contributed by atoms with Gasteiger partial charge in [0.05, 0.1) is 11.9 Å². The molecular weight excluding hydrogens is 512 g/mol. The minimum absolute atomic E-state index is 0.0665.